The molecule has 30 heavy (non-hydrogen) atoms. The first-order valence-corrected chi connectivity index (χ1v) is 11.1. The predicted octanol–water partition coefficient (Wildman–Crippen LogP) is 5.02. The van der Waals surface area contributed by atoms with Gasteiger partial charge in [-0.15, -0.1) is 11.3 Å². The molecular formula is C24H28N2O3S. The fourth-order valence-corrected chi connectivity index (χ4v) is 4.49. The Morgan fingerprint density at radius 3 is 2.40 bits per heavy atom. The number of nitrogens with zero attached hydrogens (tertiary/aromatic N) is 2. The van der Waals surface area contributed by atoms with E-state index in [0.29, 0.717) is 6.54 Å². The fourth-order valence-electron chi connectivity index (χ4n) is 3.47. The van der Waals surface area contributed by atoms with Crippen molar-refractivity contribution in [1.82, 2.24) is 9.88 Å². The summed E-state index contributed by atoms with van der Waals surface area (Å²) < 4.78 is 6.71. The molecule has 0 aliphatic carbocycles. The second-order valence-electron chi connectivity index (χ2n) is 7.62. The average molecular weight is 425 g/mol. The standard InChI is InChI=1S/C24H28N2O3S/c1-5-16(2)22(18-11-7-6-8-12-18)24(28)29-17(3)23(27)26(4)15-21-25-19-13-9-10-14-20(19)30-21/h6-14,16-17,22H,5,15H2,1-4H3. The number of hydrogen-bond donors (Lipinski definition) is 0. The Morgan fingerprint density at radius 1 is 1.07 bits per heavy atom. The van der Waals surface area contributed by atoms with Gasteiger partial charge >= 0.3 is 5.97 Å². The first-order valence-electron chi connectivity index (χ1n) is 10.3. The van der Waals surface area contributed by atoms with E-state index in [9.17, 15) is 9.59 Å². The van der Waals surface area contributed by atoms with Gasteiger partial charge in [0.15, 0.2) is 6.10 Å². The summed E-state index contributed by atoms with van der Waals surface area (Å²) in [7, 11) is 1.71. The van der Waals surface area contributed by atoms with E-state index in [1.807, 2.05) is 68.4 Å². The summed E-state index contributed by atoms with van der Waals surface area (Å²) in [6, 6.07) is 17.5. The number of esters is 1. The van der Waals surface area contributed by atoms with E-state index in [2.05, 4.69) is 4.98 Å². The second kappa shape index (κ2) is 9.85. The monoisotopic (exact) mass is 424 g/mol. The van der Waals surface area contributed by atoms with Crippen molar-refractivity contribution in [3.05, 3.63) is 65.2 Å². The Kier molecular flexibility index (Phi) is 7.21. The SMILES string of the molecule is CCC(C)C(C(=O)OC(C)C(=O)N(C)Cc1nc2ccccc2s1)c1ccccc1. The fraction of sp³-hybridized carbons (Fsp3) is 0.375. The van der Waals surface area contributed by atoms with Crippen molar-refractivity contribution in [2.75, 3.05) is 7.05 Å². The van der Waals surface area contributed by atoms with E-state index in [1.165, 1.54) is 0 Å². The van der Waals surface area contributed by atoms with E-state index in [0.717, 1.165) is 27.2 Å². The lowest BCUT2D eigenvalue weighted by Crippen LogP contribution is -2.38. The van der Waals surface area contributed by atoms with Crippen LogP contribution >= 0.6 is 11.3 Å². The smallest absolute Gasteiger partial charge is 0.314 e. The molecule has 0 saturated heterocycles. The third kappa shape index (κ3) is 5.05. The van der Waals surface area contributed by atoms with Gasteiger partial charge < -0.3 is 9.64 Å². The summed E-state index contributed by atoms with van der Waals surface area (Å²) in [5.41, 5.74) is 1.84. The molecule has 0 fully saturated rings. The molecule has 5 nitrogen and oxygen atoms in total. The van der Waals surface area contributed by atoms with Gasteiger partial charge in [0.1, 0.15) is 5.01 Å². The Bertz CT molecular complexity index is 969. The molecule has 3 aromatic rings. The van der Waals surface area contributed by atoms with Crippen LogP contribution in [0.1, 0.15) is 43.7 Å². The number of likely N-dealkylation sites (N-methyl/N-ethyl adjacent to an activating group) is 1. The summed E-state index contributed by atoms with van der Waals surface area (Å²) in [4.78, 5) is 31.9. The van der Waals surface area contributed by atoms with Gasteiger partial charge in [-0.3, -0.25) is 9.59 Å². The molecule has 2 aromatic carbocycles. The van der Waals surface area contributed by atoms with Crippen molar-refractivity contribution in [3.63, 3.8) is 0 Å². The molecule has 6 heteroatoms. The van der Waals surface area contributed by atoms with Gasteiger partial charge in [-0.05, 0) is 30.5 Å². The van der Waals surface area contributed by atoms with Crippen molar-refractivity contribution in [1.29, 1.82) is 0 Å². The van der Waals surface area contributed by atoms with E-state index in [1.54, 1.807) is 30.2 Å². The normalized spacial score (nSPS) is 14.1. The molecule has 158 valence electrons. The maximum atomic E-state index is 13.0. The first-order chi connectivity index (χ1) is 14.4. The number of aromatic nitrogens is 1. The van der Waals surface area contributed by atoms with E-state index in [4.69, 9.17) is 4.74 Å². The maximum absolute atomic E-state index is 13.0. The van der Waals surface area contributed by atoms with Crippen LogP contribution in [0, 0.1) is 5.92 Å². The second-order valence-corrected chi connectivity index (χ2v) is 8.74. The van der Waals surface area contributed by atoms with Crippen LogP contribution in [0.4, 0.5) is 0 Å². The number of fused-ring (bicyclic) bond motifs is 1. The first kappa shape index (κ1) is 22.0. The lowest BCUT2D eigenvalue weighted by molar-refractivity contribution is -0.161. The lowest BCUT2D eigenvalue weighted by atomic mass is 9.85. The highest BCUT2D eigenvalue weighted by molar-refractivity contribution is 7.18. The van der Waals surface area contributed by atoms with Crippen LogP contribution < -0.4 is 0 Å². The molecule has 1 heterocycles. The number of carbonyl (C=O) groups excluding carboxylic acids is 2. The summed E-state index contributed by atoms with van der Waals surface area (Å²) in [6.45, 7) is 6.10. The minimum atomic E-state index is -0.854. The van der Waals surface area contributed by atoms with Crippen molar-refractivity contribution in [2.45, 2.75) is 45.8 Å². The Balaban J connectivity index is 1.66. The quantitative estimate of drug-likeness (QED) is 0.477. The van der Waals surface area contributed by atoms with Gasteiger partial charge in [0.05, 0.1) is 22.7 Å². The Labute approximate surface area is 181 Å². The molecule has 0 spiro atoms. The number of thiazole rings is 1. The van der Waals surface area contributed by atoms with Gasteiger partial charge in [-0.25, -0.2) is 4.98 Å². The molecule has 0 bridgehead atoms. The van der Waals surface area contributed by atoms with Gasteiger partial charge in [-0.2, -0.15) is 0 Å². The Hall–Kier alpha value is -2.73. The zero-order valence-electron chi connectivity index (χ0n) is 17.9. The molecule has 0 saturated carbocycles. The largest absolute Gasteiger partial charge is 0.452 e. The number of ether oxygens (including phenoxy) is 1. The van der Waals surface area contributed by atoms with Crippen LogP contribution in [0.25, 0.3) is 10.2 Å². The number of benzene rings is 2. The van der Waals surface area contributed by atoms with Crippen LogP contribution in [0.5, 0.6) is 0 Å². The zero-order valence-corrected chi connectivity index (χ0v) is 18.7. The van der Waals surface area contributed by atoms with Gasteiger partial charge in [0.25, 0.3) is 5.91 Å². The van der Waals surface area contributed by atoms with Gasteiger partial charge in [0, 0.05) is 7.05 Å². The summed E-state index contributed by atoms with van der Waals surface area (Å²) in [6.07, 6.45) is -0.0127. The van der Waals surface area contributed by atoms with Crippen molar-refractivity contribution < 1.29 is 14.3 Å². The summed E-state index contributed by atoms with van der Waals surface area (Å²) in [5.74, 6) is -0.868. The molecule has 0 N–H and O–H groups in total. The Morgan fingerprint density at radius 2 is 1.73 bits per heavy atom. The third-order valence-corrected chi connectivity index (χ3v) is 6.37. The molecule has 0 aliphatic rings. The number of amides is 1. The van der Waals surface area contributed by atoms with E-state index in [-0.39, 0.29) is 23.7 Å². The molecule has 3 rings (SSSR count). The van der Waals surface area contributed by atoms with Gasteiger partial charge in [0.2, 0.25) is 0 Å². The average Bonchev–Trinajstić information content (AvgIpc) is 3.16. The predicted molar refractivity (Wildman–Crippen MR) is 120 cm³/mol. The number of para-hydroxylation sites is 1. The topological polar surface area (TPSA) is 59.5 Å². The van der Waals surface area contributed by atoms with E-state index >= 15 is 0 Å². The number of rotatable bonds is 8. The highest BCUT2D eigenvalue weighted by Crippen LogP contribution is 2.29. The van der Waals surface area contributed by atoms with Crippen LogP contribution in [-0.4, -0.2) is 34.9 Å². The molecule has 0 radical (unpaired) electrons. The van der Waals surface area contributed by atoms with Crippen molar-refractivity contribution in [3.8, 4) is 0 Å². The molecular weight excluding hydrogens is 396 g/mol. The van der Waals surface area contributed by atoms with Crippen LogP contribution in [0.15, 0.2) is 54.6 Å². The number of carbonyl (C=O) groups is 2. The maximum Gasteiger partial charge on any atom is 0.314 e. The summed E-state index contributed by atoms with van der Waals surface area (Å²) in [5, 5.41) is 0.854. The summed E-state index contributed by atoms with van der Waals surface area (Å²) >= 11 is 1.56. The lowest BCUT2D eigenvalue weighted by Gasteiger charge is -2.25. The van der Waals surface area contributed by atoms with Crippen LogP contribution in [0.3, 0.4) is 0 Å². The van der Waals surface area contributed by atoms with Crippen molar-refractivity contribution in [2.24, 2.45) is 5.92 Å². The van der Waals surface area contributed by atoms with E-state index < -0.39 is 6.10 Å². The van der Waals surface area contributed by atoms with Gasteiger partial charge in [-0.1, -0.05) is 62.7 Å². The minimum absolute atomic E-state index is 0.114. The molecule has 3 atom stereocenters. The molecule has 0 aliphatic heterocycles. The molecule has 3 unspecified atom stereocenters. The highest BCUT2D eigenvalue weighted by atomic mass is 32.1. The number of hydrogen-bond acceptors (Lipinski definition) is 5. The van der Waals surface area contributed by atoms with Crippen molar-refractivity contribution >= 4 is 33.4 Å². The van der Waals surface area contributed by atoms with Crippen LogP contribution in [0.2, 0.25) is 0 Å². The van der Waals surface area contributed by atoms with Crippen LogP contribution in [-0.2, 0) is 20.9 Å². The molecule has 1 amide bonds. The highest BCUT2D eigenvalue weighted by Gasteiger charge is 2.31. The molecule has 1 aromatic heterocycles. The third-order valence-electron chi connectivity index (χ3n) is 5.35. The minimum Gasteiger partial charge on any atom is -0.452 e. The zero-order chi connectivity index (χ0) is 21.7.